The quantitative estimate of drug-likeness (QED) is 0.373. The molecule has 0 amide bonds. The van der Waals surface area contributed by atoms with Gasteiger partial charge in [0.15, 0.2) is 5.82 Å². The lowest BCUT2D eigenvalue weighted by Gasteiger charge is -2.11. The highest BCUT2D eigenvalue weighted by molar-refractivity contribution is 7.15. The number of carbonyl (C=O) groups is 1. The molecule has 4 rings (SSSR count). The summed E-state index contributed by atoms with van der Waals surface area (Å²) >= 11 is 1.65. The summed E-state index contributed by atoms with van der Waals surface area (Å²) in [5, 5.41) is 27.7. The van der Waals surface area contributed by atoms with Crippen molar-refractivity contribution in [3.05, 3.63) is 75.2 Å². The zero-order valence-corrected chi connectivity index (χ0v) is 19.0. The molecule has 1 unspecified atom stereocenters. The fourth-order valence-electron chi connectivity index (χ4n) is 3.84. The second kappa shape index (κ2) is 9.15. The molecule has 9 heteroatoms. The Morgan fingerprint density at radius 2 is 1.94 bits per heavy atom. The average Bonchev–Trinajstić information content (AvgIpc) is 3.24. The second-order valence-electron chi connectivity index (χ2n) is 7.73. The van der Waals surface area contributed by atoms with Gasteiger partial charge in [0.05, 0.1) is 12.1 Å². The van der Waals surface area contributed by atoms with Gasteiger partial charge in [-0.2, -0.15) is 0 Å². The molecule has 1 atom stereocenters. The first-order chi connectivity index (χ1) is 15.4. The van der Waals surface area contributed by atoms with Crippen molar-refractivity contribution in [3.8, 4) is 5.00 Å². The van der Waals surface area contributed by atoms with Gasteiger partial charge in [-0.25, -0.2) is 5.48 Å². The van der Waals surface area contributed by atoms with Crippen LogP contribution in [0.1, 0.15) is 51.2 Å². The summed E-state index contributed by atoms with van der Waals surface area (Å²) in [5.41, 5.74) is 7.08. The van der Waals surface area contributed by atoms with Crippen molar-refractivity contribution >= 4 is 23.0 Å². The number of aromatic nitrogens is 3. The minimum Gasteiger partial charge on any atom is -0.481 e. The van der Waals surface area contributed by atoms with Crippen LogP contribution in [0.15, 0.2) is 41.4 Å². The maximum absolute atomic E-state index is 11.6. The third kappa shape index (κ3) is 4.14. The van der Waals surface area contributed by atoms with Gasteiger partial charge in [-0.05, 0) is 38.3 Å². The van der Waals surface area contributed by atoms with E-state index in [0.717, 1.165) is 39.4 Å². The van der Waals surface area contributed by atoms with E-state index in [2.05, 4.69) is 29.5 Å². The maximum atomic E-state index is 11.6. The lowest BCUT2D eigenvalue weighted by molar-refractivity contribution is -0.137. The lowest BCUT2D eigenvalue weighted by Crippen LogP contribution is -2.10. The van der Waals surface area contributed by atoms with E-state index in [-0.39, 0.29) is 6.42 Å². The van der Waals surface area contributed by atoms with Gasteiger partial charge < -0.3 is 10.3 Å². The van der Waals surface area contributed by atoms with Crippen molar-refractivity contribution in [2.24, 2.45) is 4.99 Å². The van der Waals surface area contributed by atoms with E-state index in [1.54, 1.807) is 11.3 Å². The Hall–Kier alpha value is -3.14. The van der Waals surface area contributed by atoms with Crippen LogP contribution >= 0.6 is 11.3 Å². The van der Waals surface area contributed by atoms with Crippen LogP contribution in [-0.4, -0.2) is 43.3 Å². The molecule has 0 saturated carbocycles. The number of rotatable bonds is 7. The summed E-state index contributed by atoms with van der Waals surface area (Å²) in [4.78, 5) is 17.7. The number of hydrogen-bond acceptors (Lipinski definition) is 7. The van der Waals surface area contributed by atoms with E-state index in [1.165, 1.54) is 4.88 Å². The number of aryl methyl sites for hydroxylation is 2. The number of fused-ring (bicyclic) bond motifs is 3. The molecule has 2 aromatic heterocycles. The molecule has 0 saturated heterocycles. The van der Waals surface area contributed by atoms with Crippen molar-refractivity contribution in [3.63, 3.8) is 0 Å². The highest BCUT2D eigenvalue weighted by atomic mass is 32.1. The van der Waals surface area contributed by atoms with Crippen molar-refractivity contribution in [2.75, 3.05) is 6.54 Å². The van der Waals surface area contributed by atoms with Crippen LogP contribution in [-0.2, 0) is 11.2 Å². The van der Waals surface area contributed by atoms with Crippen LogP contribution in [0.4, 0.5) is 0 Å². The fourth-order valence-corrected chi connectivity index (χ4v) is 5.06. The third-order valence-corrected chi connectivity index (χ3v) is 6.76. The van der Waals surface area contributed by atoms with Crippen LogP contribution in [0, 0.1) is 20.8 Å². The number of nitrogens with one attached hydrogen (secondary N) is 1. The summed E-state index contributed by atoms with van der Waals surface area (Å²) in [6.45, 7) is 6.44. The number of hydrogen-bond donors (Lipinski definition) is 3. The summed E-state index contributed by atoms with van der Waals surface area (Å²) in [5.74, 6) is 0.346. The predicted molar refractivity (Wildman–Crippen MR) is 123 cm³/mol. The van der Waals surface area contributed by atoms with Gasteiger partial charge in [0.2, 0.25) is 0 Å². The number of benzene rings is 1. The molecule has 3 aromatic rings. The Kier molecular flexibility index (Phi) is 6.31. The van der Waals surface area contributed by atoms with Gasteiger partial charge in [0.1, 0.15) is 16.9 Å². The second-order valence-corrected chi connectivity index (χ2v) is 8.93. The Balaban J connectivity index is 1.82. The molecule has 3 heterocycles. The first-order valence-corrected chi connectivity index (χ1v) is 11.2. The molecular formula is C23H25N5O3S. The van der Waals surface area contributed by atoms with E-state index in [0.29, 0.717) is 18.2 Å². The smallest absolute Gasteiger partial charge is 0.306 e. The van der Waals surface area contributed by atoms with Gasteiger partial charge in [-0.3, -0.25) is 14.4 Å². The van der Waals surface area contributed by atoms with Gasteiger partial charge >= 0.3 is 5.97 Å². The highest BCUT2D eigenvalue weighted by Gasteiger charge is 2.32. The Bertz CT molecular complexity index is 1210. The number of carboxylic acid groups (broad SMARTS) is 1. The number of aliphatic carboxylic acids is 1. The van der Waals surface area contributed by atoms with Gasteiger partial charge in [0.25, 0.3) is 0 Å². The number of hydroxylamine groups is 1. The minimum absolute atomic E-state index is 0.156. The molecular weight excluding hydrogens is 426 g/mol. The van der Waals surface area contributed by atoms with Crippen molar-refractivity contribution in [2.45, 2.75) is 39.7 Å². The van der Waals surface area contributed by atoms with Gasteiger partial charge in [-0.1, -0.05) is 36.4 Å². The minimum atomic E-state index is -0.928. The van der Waals surface area contributed by atoms with Crippen molar-refractivity contribution < 1.29 is 15.1 Å². The van der Waals surface area contributed by atoms with Crippen LogP contribution in [0.25, 0.3) is 5.00 Å². The van der Waals surface area contributed by atoms with E-state index in [4.69, 9.17) is 10.2 Å². The number of thiophene rings is 1. The number of allylic oxidation sites excluding steroid dienone is 1. The SMILES string of the molecule is Cc1sc2c(c1C)C(c1ccc(C/C=C/CNO)cc1)=NC(CC(=O)O)c1nnc(C)n1-2. The molecule has 32 heavy (non-hydrogen) atoms. The van der Waals surface area contributed by atoms with Crippen LogP contribution in [0.2, 0.25) is 0 Å². The monoisotopic (exact) mass is 451 g/mol. The number of aliphatic imine (C=N–C) groups is 1. The zero-order chi connectivity index (χ0) is 22.8. The molecule has 0 spiro atoms. The summed E-state index contributed by atoms with van der Waals surface area (Å²) < 4.78 is 1.96. The average molecular weight is 452 g/mol. The molecule has 0 bridgehead atoms. The van der Waals surface area contributed by atoms with Gasteiger partial charge in [0, 0.05) is 22.5 Å². The molecule has 3 N–H and O–H groups in total. The molecule has 1 aromatic carbocycles. The van der Waals surface area contributed by atoms with E-state index in [9.17, 15) is 9.90 Å². The molecule has 0 radical (unpaired) electrons. The van der Waals surface area contributed by atoms with Crippen molar-refractivity contribution in [1.29, 1.82) is 0 Å². The molecule has 1 aliphatic rings. The van der Waals surface area contributed by atoms with Crippen LogP contribution < -0.4 is 5.48 Å². The summed E-state index contributed by atoms with van der Waals surface area (Å²) in [6, 6.07) is 7.52. The standard InChI is InChI=1S/C23H25N5O3S/c1-13-14(2)32-23-20(13)21(17-9-7-16(8-10-17)6-4-5-11-24-31)25-18(12-19(29)30)22-27-26-15(3)28(22)23/h4-5,7-10,18,24,31H,6,11-12H2,1-3H3,(H,29,30)/b5-4+. The molecule has 8 nitrogen and oxygen atoms in total. The number of nitrogens with zero attached hydrogens (tertiary/aromatic N) is 4. The largest absolute Gasteiger partial charge is 0.481 e. The lowest BCUT2D eigenvalue weighted by atomic mass is 9.98. The first-order valence-electron chi connectivity index (χ1n) is 10.3. The van der Waals surface area contributed by atoms with Crippen LogP contribution in [0.5, 0.6) is 0 Å². The molecule has 166 valence electrons. The van der Waals surface area contributed by atoms with Gasteiger partial charge in [-0.15, -0.1) is 21.5 Å². The first kappa shape index (κ1) is 22.1. The topological polar surface area (TPSA) is 113 Å². The Morgan fingerprint density at radius 3 is 2.62 bits per heavy atom. The van der Waals surface area contributed by atoms with Crippen molar-refractivity contribution in [1.82, 2.24) is 20.2 Å². The van der Waals surface area contributed by atoms with Crippen LogP contribution in [0.3, 0.4) is 0 Å². The Labute approximate surface area is 189 Å². The normalized spacial score (nSPS) is 15.4. The summed E-state index contributed by atoms with van der Waals surface area (Å²) in [7, 11) is 0. The molecule has 0 aliphatic carbocycles. The van der Waals surface area contributed by atoms with E-state index >= 15 is 0 Å². The maximum Gasteiger partial charge on any atom is 0.306 e. The number of carboxylic acids is 1. The van der Waals surface area contributed by atoms with E-state index in [1.807, 2.05) is 47.9 Å². The van der Waals surface area contributed by atoms with E-state index < -0.39 is 12.0 Å². The predicted octanol–water partition coefficient (Wildman–Crippen LogP) is 3.70. The molecule has 1 aliphatic heterocycles. The molecule has 0 fully saturated rings. The third-order valence-electron chi connectivity index (χ3n) is 5.56. The highest BCUT2D eigenvalue weighted by Crippen LogP contribution is 2.39. The fraction of sp³-hybridized carbons (Fsp3) is 0.304. The summed E-state index contributed by atoms with van der Waals surface area (Å²) in [6.07, 6.45) is 4.44. The zero-order valence-electron chi connectivity index (χ0n) is 18.2. The Morgan fingerprint density at radius 1 is 1.19 bits per heavy atom.